The number of fused-ring (bicyclic) bond motifs is 1. The summed E-state index contributed by atoms with van der Waals surface area (Å²) in [6, 6.07) is 14.7. The summed E-state index contributed by atoms with van der Waals surface area (Å²) >= 11 is 11.9. The number of halogens is 2. The molecule has 1 aliphatic heterocycles. The van der Waals surface area contributed by atoms with Crippen LogP contribution in [-0.2, 0) is 11.3 Å². The first kappa shape index (κ1) is 13.9. The van der Waals surface area contributed by atoms with Crippen molar-refractivity contribution in [2.75, 3.05) is 4.90 Å². The molecule has 3 rings (SSSR count). The first-order valence-electron chi connectivity index (χ1n) is 6.35. The van der Waals surface area contributed by atoms with E-state index in [1.807, 2.05) is 30.3 Å². The minimum absolute atomic E-state index is 0.204. The lowest BCUT2D eigenvalue weighted by Crippen LogP contribution is -2.27. The van der Waals surface area contributed by atoms with Crippen LogP contribution in [0.5, 0.6) is 0 Å². The Kier molecular flexibility index (Phi) is 3.59. The summed E-state index contributed by atoms with van der Waals surface area (Å²) in [5, 5.41) is 10.1. The van der Waals surface area contributed by atoms with Gasteiger partial charge in [0.15, 0.2) is 5.92 Å². The Morgan fingerprint density at radius 2 is 1.90 bits per heavy atom. The van der Waals surface area contributed by atoms with E-state index in [0.717, 1.165) is 16.8 Å². The summed E-state index contributed by atoms with van der Waals surface area (Å²) in [7, 11) is 0. The molecule has 0 saturated carbocycles. The molecule has 104 valence electrons. The average Bonchev–Trinajstić information content (AvgIpc) is 2.75. The van der Waals surface area contributed by atoms with Crippen molar-refractivity contribution < 1.29 is 4.79 Å². The van der Waals surface area contributed by atoms with Gasteiger partial charge in [-0.2, -0.15) is 5.26 Å². The lowest BCUT2D eigenvalue weighted by Gasteiger charge is -2.17. The van der Waals surface area contributed by atoms with Gasteiger partial charge < -0.3 is 4.90 Å². The maximum Gasteiger partial charge on any atom is 0.249 e. The van der Waals surface area contributed by atoms with Gasteiger partial charge in [-0.15, -0.1) is 0 Å². The van der Waals surface area contributed by atoms with Crippen molar-refractivity contribution >= 4 is 34.8 Å². The fourth-order valence-corrected chi connectivity index (χ4v) is 2.81. The van der Waals surface area contributed by atoms with Crippen molar-refractivity contribution in [3.05, 3.63) is 63.6 Å². The number of nitrogens with zero attached hydrogens (tertiary/aromatic N) is 2. The molecule has 0 aromatic heterocycles. The smallest absolute Gasteiger partial charge is 0.249 e. The Labute approximate surface area is 132 Å². The monoisotopic (exact) mass is 316 g/mol. The zero-order valence-corrected chi connectivity index (χ0v) is 12.4. The summed E-state index contributed by atoms with van der Waals surface area (Å²) < 4.78 is 0. The highest BCUT2D eigenvalue weighted by molar-refractivity contribution is 6.42. The third-order valence-corrected chi connectivity index (χ3v) is 4.24. The van der Waals surface area contributed by atoms with Gasteiger partial charge in [0.1, 0.15) is 0 Å². The number of hydrogen-bond donors (Lipinski definition) is 0. The van der Waals surface area contributed by atoms with Crippen LogP contribution >= 0.6 is 23.2 Å². The molecule has 0 saturated heterocycles. The van der Waals surface area contributed by atoms with E-state index in [4.69, 9.17) is 23.2 Å². The molecule has 0 aliphatic carbocycles. The van der Waals surface area contributed by atoms with Gasteiger partial charge in [0.25, 0.3) is 0 Å². The molecular formula is C16H10Cl2N2O. The van der Waals surface area contributed by atoms with Crippen LogP contribution in [-0.4, -0.2) is 5.91 Å². The molecule has 1 aliphatic rings. The van der Waals surface area contributed by atoms with Gasteiger partial charge in [-0.3, -0.25) is 4.79 Å². The second-order valence-corrected chi connectivity index (χ2v) is 5.61. The SMILES string of the molecule is N#CC1C(=O)N(Cc2ccc(Cl)c(Cl)c2)c2ccccc21. The van der Waals surface area contributed by atoms with Crippen LogP contribution in [0.2, 0.25) is 10.0 Å². The lowest BCUT2D eigenvalue weighted by molar-refractivity contribution is -0.118. The van der Waals surface area contributed by atoms with Crippen LogP contribution in [0, 0.1) is 11.3 Å². The highest BCUT2D eigenvalue weighted by Gasteiger charge is 2.36. The van der Waals surface area contributed by atoms with E-state index in [-0.39, 0.29) is 5.91 Å². The average molecular weight is 317 g/mol. The predicted octanol–water partition coefficient (Wildman–Crippen LogP) is 4.15. The summed E-state index contributed by atoms with van der Waals surface area (Å²) in [5.74, 6) is -0.936. The Morgan fingerprint density at radius 1 is 1.14 bits per heavy atom. The van der Waals surface area contributed by atoms with Gasteiger partial charge in [0.05, 0.1) is 22.7 Å². The molecule has 0 bridgehead atoms. The van der Waals surface area contributed by atoms with E-state index >= 15 is 0 Å². The highest BCUT2D eigenvalue weighted by atomic mass is 35.5. The topological polar surface area (TPSA) is 44.1 Å². The Bertz CT molecular complexity index is 767. The maximum atomic E-state index is 12.4. The molecule has 0 radical (unpaired) electrons. The van der Waals surface area contributed by atoms with Crippen LogP contribution < -0.4 is 4.90 Å². The molecular weight excluding hydrogens is 307 g/mol. The predicted molar refractivity (Wildman–Crippen MR) is 82.4 cm³/mol. The van der Waals surface area contributed by atoms with Gasteiger partial charge in [-0.25, -0.2) is 0 Å². The maximum absolute atomic E-state index is 12.4. The zero-order chi connectivity index (χ0) is 15.0. The number of carbonyl (C=O) groups excluding carboxylic acids is 1. The number of para-hydroxylation sites is 1. The molecule has 1 unspecified atom stereocenters. The molecule has 1 atom stereocenters. The second kappa shape index (κ2) is 5.40. The summed E-state index contributed by atoms with van der Waals surface area (Å²) in [4.78, 5) is 14.0. The van der Waals surface area contributed by atoms with E-state index in [1.165, 1.54) is 0 Å². The van der Waals surface area contributed by atoms with Gasteiger partial charge in [-0.05, 0) is 23.8 Å². The molecule has 21 heavy (non-hydrogen) atoms. The number of rotatable bonds is 2. The van der Waals surface area contributed by atoms with Crippen molar-refractivity contribution in [3.8, 4) is 6.07 Å². The van der Waals surface area contributed by atoms with Gasteiger partial charge >= 0.3 is 0 Å². The van der Waals surface area contributed by atoms with Gasteiger partial charge in [-0.1, -0.05) is 47.5 Å². The van der Waals surface area contributed by atoms with E-state index in [0.29, 0.717) is 16.6 Å². The molecule has 0 spiro atoms. The molecule has 0 fully saturated rings. The number of hydrogen-bond acceptors (Lipinski definition) is 2. The molecule has 3 nitrogen and oxygen atoms in total. The molecule has 0 N–H and O–H groups in total. The van der Waals surface area contributed by atoms with E-state index in [9.17, 15) is 10.1 Å². The van der Waals surface area contributed by atoms with Crippen molar-refractivity contribution in [2.24, 2.45) is 0 Å². The third-order valence-electron chi connectivity index (χ3n) is 3.51. The first-order valence-corrected chi connectivity index (χ1v) is 7.11. The van der Waals surface area contributed by atoms with Crippen LogP contribution in [0.15, 0.2) is 42.5 Å². The zero-order valence-electron chi connectivity index (χ0n) is 10.9. The molecule has 2 aromatic carbocycles. The first-order chi connectivity index (χ1) is 10.1. The van der Waals surface area contributed by atoms with Crippen molar-refractivity contribution in [3.63, 3.8) is 0 Å². The fourth-order valence-electron chi connectivity index (χ4n) is 2.49. The van der Waals surface area contributed by atoms with Crippen LogP contribution in [0.4, 0.5) is 5.69 Å². The van der Waals surface area contributed by atoms with Crippen molar-refractivity contribution in [1.29, 1.82) is 5.26 Å². The number of anilines is 1. The minimum atomic E-state index is -0.732. The van der Waals surface area contributed by atoms with E-state index in [1.54, 1.807) is 17.0 Å². The number of benzene rings is 2. The Balaban J connectivity index is 1.97. The second-order valence-electron chi connectivity index (χ2n) is 4.79. The number of amides is 1. The third kappa shape index (κ3) is 2.37. The van der Waals surface area contributed by atoms with Crippen LogP contribution in [0.3, 0.4) is 0 Å². The summed E-state index contributed by atoms with van der Waals surface area (Å²) in [6.07, 6.45) is 0. The fraction of sp³-hybridized carbons (Fsp3) is 0.125. The largest absolute Gasteiger partial charge is 0.306 e. The molecule has 5 heteroatoms. The standard InChI is InChI=1S/C16H10Cl2N2O/c17-13-6-5-10(7-14(13)18)9-20-15-4-2-1-3-11(15)12(8-19)16(20)21/h1-7,12H,9H2. The normalized spacial score (nSPS) is 16.7. The van der Waals surface area contributed by atoms with E-state index < -0.39 is 5.92 Å². The van der Waals surface area contributed by atoms with E-state index in [2.05, 4.69) is 6.07 Å². The Hall–Kier alpha value is -2.02. The molecule has 2 aromatic rings. The Morgan fingerprint density at radius 3 is 2.62 bits per heavy atom. The van der Waals surface area contributed by atoms with Crippen LogP contribution in [0.1, 0.15) is 17.0 Å². The van der Waals surface area contributed by atoms with Crippen molar-refractivity contribution in [1.82, 2.24) is 0 Å². The quantitative estimate of drug-likeness (QED) is 0.835. The molecule has 1 amide bonds. The van der Waals surface area contributed by atoms with Crippen molar-refractivity contribution in [2.45, 2.75) is 12.5 Å². The molecule has 1 heterocycles. The lowest BCUT2D eigenvalue weighted by atomic mass is 10.0. The van der Waals surface area contributed by atoms with Gasteiger partial charge in [0.2, 0.25) is 5.91 Å². The minimum Gasteiger partial charge on any atom is -0.306 e. The van der Waals surface area contributed by atoms with Crippen LogP contribution in [0.25, 0.3) is 0 Å². The number of carbonyl (C=O) groups is 1. The number of nitriles is 1. The highest BCUT2D eigenvalue weighted by Crippen LogP contribution is 2.38. The summed E-state index contributed by atoms with van der Waals surface area (Å²) in [5.41, 5.74) is 2.40. The summed E-state index contributed by atoms with van der Waals surface area (Å²) in [6.45, 7) is 0.366. The van der Waals surface area contributed by atoms with Gasteiger partial charge in [0, 0.05) is 11.3 Å².